The second kappa shape index (κ2) is 5.99. The number of carboxylic acids is 1. The lowest BCUT2D eigenvalue weighted by molar-refractivity contribution is -0.151. The van der Waals surface area contributed by atoms with Crippen LogP contribution in [0.25, 0.3) is 0 Å². The second-order valence-electron chi connectivity index (χ2n) is 6.30. The highest BCUT2D eigenvalue weighted by molar-refractivity contribution is 5.97. The van der Waals surface area contributed by atoms with Gasteiger partial charge in [-0.25, -0.2) is 0 Å². The molecule has 1 fully saturated rings. The molecule has 3 aliphatic carbocycles. The van der Waals surface area contributed by atoms with Crippen molar-refractivity contribution < 1.29 is 19.5 Å². The number of hydrogen-bond acceptors (Lipinski definition) is 3. The molecule has 5 heteroatoms. The molecular formula is C18H19NO4. The highest BCUT2D eigenvalue weighted by atomic mass is 16.4. The van der Waals surface area contributed by atoms with Gasteiger partial charge >= 0.3 is 5.97 Å². The molecule has 0 spiro atoms. The largest absolute Gasteiger partial charge is 0.481 e. The number of ketones is 1. The van der Waals surface area contributed by atoms with Gasteiger partial charge in [-0.1, -0.05) is 12.2 Å². The van der Waals surface area contributed by atoms with Crippen molar-refractivity contribution in [1.29, 1.82) is 0 Å². The fourth-order valence-electron chi connectivity index (χ4n) is 3.70. The third-order valence-electron chi connectivity index (χ3n) is 4.90. The van der Waals surface area contributed by atoms with Crippen LogP contribution in [0.1, 0.15) is 30.1 Å². The molecule has 23 heavy (non-hydrogen) atoms. The summed E-state index contributed by atoms with van der Waals surface area (Å²) in [5.41, 5.74) is 1.15. The van der Waals surface area contributed by atoms with Gasteiger partial charge in [0.05, 0.1) is 11.8 Å². The molecule has 0 saturated heterocycles. The Kier molecular flexibility index (Phi) is 4.03. The van der Waals surface area contributed by atoms with E-state index in [0.29, 0.717) is 11.3 Å². The number of carboxylic acid groups (broad SMARTS) is 1. The maximum atomic E-state index is 12.6. The molecule has 1 saturated carbocycles. The number of amides is 1. The van der Waals surface area contributed by atoms with E-state index >= 15 is 0 Å². The first-order chi connectivity index (χ1) is 11.0. The molecule has 1 aromatic rings. The van der Waals surface area contributed by atoms with Crippen LogP contribution in [0.5, 0.6) is 0 Å². The molecule has 5 nitrogen and oxygen atoms in total. The van der Waals surface area contributed by atoms with Crippen molar-refractivity contribution >= 4 is 23.3 Å². The third-order valence-corrected chi connectivity index (χ3v) is 4.90. The number of anilines is 1. The fourth-order valence-corrected chi connectivity index (χ4v) is 3.70. The molecule has 120 valence electrons. The van der Waals surface area contributed by atoms with Crippen LogP contribution in [0.15, 0.2) is 36.4 Å². The van der Waals surface area contributed by atoms with Gasteiger partial charge in [-0.05, 0) is 55.9 Å². The average Bonchev–Trinajstić information content (AvgIpc) is 2.55. The minimum absolute atomic E-state index is 0.0161. The number of fused-ring (bicyclic) bond motifs is 2. The first kappa shape index (κ1) is 15.5. The van der Waals surface area contributed by atoms with Crippen molar-refractivity contribution in [2.24, 2.45) is 23.7 Å². The van der Waals surface area contributed by atoms with Crippen LogP contribution in [0.4, 0.5) is 5.69 Å². The molecule has 0 aliphatic heterocycles. The molecule has 0 aromatic heterocycles. The van der Waals surface area contributed by atoms with Crippen LogP contribution in [0.2, 0.25) is 0 Å². The Morgan fingerprint density at radius 2 is 1.57 bits per heavy atom. The van der Waals surface area contributed by atoms with Gasteiger partial charge < -0.3 is 10.4 Å². The molecule has 2 N–H and O–H groups in total. The molecule has 1 aromatic carbocycles. The van der Waals surface area contributed by atoms with Crippen LogP contribution in [-0.2, 0) is 9.59 Å². The number of allylic oxidation sites excluding steroid dienone is 2. The van der Waals surface area contributed by atoms with E-state index in [-0.39, 0.29) is 23.5 Å². The Labute approximate surface area is 134 Å². The lowest BCUT2D eigenvalue weighted by Gasteiger charge is -2.41. The molecular weight excluding hydrogens is 294 g/mol. The SMILES string of the molecule is CC(=O)c1ccc(NC(=O)C2C3C=CC(CC3)C2C(=O)O)cc1. The van der Waals surface area contributed by atoms with E-state index in [1.165, 1.54) is 6.92 Å². The van der Waals surface area contributed by atoms with Crippen LogP contribution in [-0.4, -0.2) is 22.8 Å². The van der Waals surface area contributed by atoms with Gasteiger partial charge in [0.2, 0.25) is 5.91 Å². The summed E-state index contributed by atoms with van der Waals surface area (Å²) in [7, 11) is 0. The highest BCUT2D eigenvalue weighted by Gasteiger charge is 2.48. The standard InChI is InChI=1S/C18H19NO4/c1-10(20)11-6-8-14(9-7-11)19-17(21)15-12-2-4-13(5-3-12)16(15)18(22)23/h2,4,6-9,12-13,15-16H,3,5H2,1H3,(H,19,21)(H,22,23). The monoisotopic (exact) mass is 313 g/mol. The molecule has 1 amide bonds. The van der Waals surface area contributed by atoms with Gasteiger partial charge in [0.25, 0.3) is 0 Å². The number of aliphatic carboxylic acids is 1. The van der Waals surface area contributed by atoms with Crippen molar-refractivity contribution in [3.05, 3.63) is 42.0 Å². The van der Waals surface area contributed by atoms with E-state index in [4.69, 9.17) is 0 Å². The summed E-state index contributed by atoms with van der Waals surface area (Å²) in [6.45, 7) is 1.48. The van der Waals surface area contributed by atoms with Crippen LogP contribution in [0.3, 0.4) is 0 Å². The van der Waals surface area contributed by atoms with Crippen LogP contribution in [0, 0.1) is 23.7 Å². The molecule has 2 bridgehead atoms. The highest BCUT2D eigenvalue weighted by Crippen LogP contribution is 2.45. The number of benzene rings is 1. The number of Topliss-reactive ketones (excluding diaryl/α,β-unsaturated/α-hetero) is 1. The van der Waals surface area contributed by atoms with Crippen molar-refractivity contribution in [2.75, 3.05) is 5.32 Å². The topological polar surface area (TPSA) is 83.5 Å². The molecule has 3 aliphatic rings. The van der Waals surface area contributed by atoms with Gasteiger partial charge in [0.15, 0.2) is 5.78 Å². The zero-order valence-electron chi connectivity index (χ0n) is 12.9. The van der Waals surface area contributed by atoms with Gasteiger partial charge in [-0.3, -0.25) is 14.4 Å². The average molecular weight is 313 g/mol. The third kappa shape index (κ3) is 2.91. The second-order valence-corrected chi connectivity index (χ2v) is 6.30. The molecule has 0 heterocycles. The number of hydrogen-bond donors (Lipinski definition) is 2. The quantitative estimate of drug-likeness (QED) is 0.661. The van der Waals surface area contributed by atoms with Crippen LogP contribution < -0.4 is 5.32 Å². The Balaban J connectivity index is 1.78. The number of nitrogens with one attached hydrogen (secondary N) is 1. The van der Waals surface area contributed by atoms with E-state index in [1.807, 2.05) is 12.2 Å². The number of carbonyl (C=O) groups excluding carboxylic acids is 2. The maximum absolute atomic E-state index is 12.6. The van der Waals surface area contributed by atoms with Gasteiger partial charge in [0, 0.05) is 11.3 Å². The summed E-state index contributed by atoms with van der Waals surface area (Å²) < 4.78 is 0. The fraction of sp³-hybridized carbons (Fsp3) is 0.389. The molecule has 4 rings (SSSR count). The van der Waals surface area contributed by atoms with Gasteiger partial charge in [-0.15, -0.1) is 0 Å². The summed E-state index contributed by atoms with van der Waals surface area (Å²) in [5.74, 6) is -2.48. The first-order valence-electron chi connectivity index (χ1n) is 7.80. The zero-order valence-corrected chi connectivity index (χ0v) is 12.9. The minimum Gasteiger partial charge on any atom is -0.481 e. The summed E-state index contributed by atoms with van der Waals surface area (Å²) in [4.78, 5) is 35.5. The van der Waals surface area contributed by atoms with Crippen molar-refractivity contribution in [3.8, 4) is 0 Å². The van der Waals surface area contributed by atoms with E-state index in [9.17, 15) is 19.5 Å². The lowest BCUT2D eigenvalue weighted by atomic mass is 9.62. The predicted molar refractivity (Wildman–Crippen MR) is 85.0 cm³/mol. The summed E-state index contributed by atoms with van der Waals surface area (Å²) >= 11 is 0. The maximum Gasteiger partial charge on any atom is 0.307 e. The first-order valence-corrected chi connectivity index (χ1v) is 7.80. The number of carbonyl (C=O) groups is 3. The van der Waals surface area contributed by atoms with Crippen molar-refractivity contribution in [1.82, 2.24) is 0 Å². The Hall–Kier alpha value is -2.43. The molecule has 4 atom stereocenters. The molecule has 0 radical (unpaired) electrons. The molecule has 4 unspecified atom stereocenters. The van der Waals surface area contributed by atoms with Crippen molar-refractivity contribution in [3.63, 3.8) is 0 Å². The van der Waals surface area contributed by atoms with E-state index in [1.54, 1.807) is 24.3 Å². The van der Waals surface area contributed by atoms with Crippen molar-refractivity contribution in [2.45, 2.75) is 19.8 Å². The van der Waals surface area contributed by atoms with E-state index in [0.717, 1.165) is 12.8 Å². The zero-order chi connectivity index (χ0) is 16.6. The minimum atomic E-state index is -0.906. The van der Waals surface area contributed by atoms with Crippen LogP contribution >= 0.6 is 0 Å². The lowest BCUT2D eigenvalue weighted by Crippen LogP contribution is -2.47. The summed E-state index contributed by atoms with van der Waals surface area (Å²) in [6.07, 6.45) is 5.61. The normalized spacial score (nSPS) is 28.4. The number of rotatable bonds is 4. The Bertz CT molecular complexity index is 677. The Morgan fingerprint density at radius 1 is 1.00 bits per heavy atom. The Morgan fingerprint density at radius 3 is 2.04 bits per heavy atom. The smallest absolute Gasteiger partial charge is 0.307 e. The summed E-state index contributed by atoms with van der Waals surface area (Å²) in [5, 5.41) is 12.3. The predicted octanol–water partition coefficient (Wildman–Crippen LogP) is 2.74. The van der Waals surface area contributed by atoms with Gasteiger partial charge in [-0.2, -0.15) is 0 Å². The van der Waals surface area contributed by atoms with E-state index < -0.39 is 17.8 Å². The summed E-state index contributed by atoms with van der Waals surface area (Å²) in [6, 6.07) is 6.64. The van der Waals surface area contributed by atoms with E-state index in [2.05, 4.69) is 5.32 Å². The van der Waals surface area contributed by atoms with Gasteiger partial charge in [0.1, 0.15) is 0 Å².